The summed E-state index contributed by atoms with van der Waals surface area (Å²) >= 11 is 0. The average Bonchev–Trinajstić information content (AvgIpc) is 2.86. The summed E-state index contributed by atoms with van der Waals surface area (Å²) in [5.41, 5.74) is 1.39. The number of rotatable bonds is 4. The lowest BCUT2D eigenvalue weighted by molar-refractivity contribution is 0.263. The molecule has 2 heterocycles. The summed E-state index contributed by atoms with van der Waals surface area (Å²) in [4.78, 5) is 2.36. The second-order valence-corrected chi connectivity index (χ2v) is 7.22. The van der Waals surface area contributed by atoms with Crippen LogP contribution < -0.4 is 10.2 Å². The van der Waals surface area contributed by atoms with E-state index < -0.39 is 0 Å². The van der Waals surface area contributed by atoms with Crippen LogP contribution in [-0.4, -0.2) is 29.3 Å². The minimum Gasteiger partial charge on any atom is -0.355 e. The molecule has 112 valence electrons. The van der Waals surface area contributed by atoms with Gasteiger partial charge in [0.15, 0.2) is 5.82 Å². The van der Waals surface area contributed by atoms with Crippen LogP contribution in [0.25, 0.3) is 0 Å². The minimum atomic E-state index is 0.378. The van der Waals surface area contributed by atoms with Gasteiger partial charge in [0.25, 0.3) is 0 Å². The first kappa shape index (κ1) is 15.2. The Bertz CT molecular complexity index is 419. The van der Waals surface area contributed by atoms with Crippen LogP contribution in [0.2, 0.25) is 0 Å². The summed E-state index contributed by atoms with van der Waals surface area (Å²) in [5, 5.41) is 12.1. The lowest BCUT2D eigenvalue weighted by Gasteiger charge is -2.27. The van der Waals surface area contributed by atoms with Crippen LogP contribution in [0.15, 0.2) is 12.1 Å². The smallest absolute Gasteiger partial charge is 0.151 e. The number of nitrogens with one attached hydrogen (secondary N) is 1. The van der Waals surface area contributed by atoms with Crippen LogP contribution in [0, 0.1) is 11.3 Å². The van der Waals surface area contributed by atoms with E-state index in [-0.39, 0.29) is 0 Å². The molecule has 1 unspecified atom stereocenters. The van der Waals surface area contributed by atoms with Crippen molar-refractivity contribution in [2.75, 3.05) is 18.0 Å². The van der Waals surface area contributed by atoms with Gasteiger partial charge in [-0.05, 0) is 29.9 Å². The fourth-order valence-corrected chi connectivity index (χ4v) is 2.60. The summed E-state index contributed by atoms with van der Waals surface area (Å²) in [7, 11) is 0. The Hall–Kier alpha value is -1.16. The van der Waals surface area contributed by atoms with E-state index in [4.69, 9.17) is 0 Å². The molecular weight excluding hydrogens is 248 g/mol. The fraction of sp³-hybridized carbons (Fsp3) is 0.750. The van der Waals surface area contributed by atoms with Gasteiger partial charge >= 0.3 is 0 Å². The largest absolute Gasteiger partial charge is 0.355 e. The molecule has 1 saturated heterocycles. The number of hydrogen-bond donors (Lipinski definition) is 1. The van der Waals surface area contributed by atoms with E-state index in [2.05, 4.69) is 67.2 Å². The van der Waals surface area contributed by atoms with Gasteiger partial charge in [0.05, 0.1) is 5.69 Å². The van der Waals surface area contributed by atoms with Crippen molar-refractivity contribution in [3.05, 3.63) is 17.8 Å². The third kappa shape index (κ3) is 3.92. The Kier molecular flexibility index (Phi) is 4.63. The Labute approximate surface area is 123 Å². The molecule has 1 aliphatic heterocycles. The van der Waals surface area contributed by atoms with Gasteiger partial charge in [-0.15, -0.1) is 5.10 Å². The molecule has 0 spiro atoms. The van der Waals surface area contributed by atoms with Crippen molar-refractivity contribution < 1.29 is 0 Å². The number of hydrogen-bond acceptors (Lipinski definition) is 4. The maximum Gasteiger partial charge on any atom is 0.151 e. The lowest BCUT2D eigenvalue weighted by Crippen LogP contribution is -2.27. The molecule has 1 aliphatic rings. The Morgan fingerprint density at radius 1 is 1.30 bits per heavy atom. The van der Waals surface area contributed by atoms with Crippen LogP contribution in [0.1, 0.15) is 46.7 Å². The van der Waals surface area contributed by atoms with Crippen LogP contribution in [-0.2, 0) is 6.54 Å². The highest BCUT2D eigenvalue weighted by atomic mass is 15.3. The molecule has 0 bridgehead atoms. The second-order valence-electron chi connectivity index (χ2n) is 7.22. The van der Waals surface area contributed by atoms with E-state index in [0.717, 1.165) is 37.1 Å². The summed E-state index contributed by atoms with van der Waals surface area (Å²) in [6, 6.07) is 4.67. The van der Waals surface area contributed by atoms with Gasteiger partial charge in [0, 0.05) is 25.7 Å². The molecule has 0 aromatic carbocycles. The van der Waals surface area contributed by atoms with Crippen molar-refractivity contribution in [3.8, 4) is 0 Å². The van der Waals surface area contributed by atoms with E-state index in [9.17, 15) is 0 Å². The third-order valence-corrected chi connectivity index (χ3v) is 4.13. The van der Waals surface area contributed by atoms with Crippen LogP contribution in [0.5, 0.6) is 0 Å². The molecule has 0 saturated carbocycles. The minimum absolute atomic E-state index is 0.378. The van der Waals surface area contributed by atoms with E-state index in [0.29, 0.717) is 11.5 Å². The van der Waals surface area contributed by atoms with Gasteiger partial charge in [0.1, 0.15) is 0 Å². The Morgan fingerprint density at radius 2 is 2.05 bits per heavy atom. The van der Waals surface area contributed by atoms with Gasteiger partial charge in [-0.25, -0.2) is 0 Å². The van der Waals surface area contributed by atoms with Gasteiger partial charge in [-0.3, -0.25) is 0 Å². The molecule has 1 N–H and O–H groups in total. The number of nitrogens with zero attached hydrogens (tertiary/aromatic N) is 3. The molecular formula is C16H28N4. The fourth-order valence-electron chi connectivity index (χ4n) is 2.60. The van der Waals surface area contributed by atoms with Crippen LogP contribution in [0.3, 0.4) is 0 Å². The van der Waals surface area contributed by atoms with Crippen molar-refractivity contribution in [1.29, 1.82) is 0 Å². The first-order chi connectivity index (χ1) is 9.36. The van der Waals surface area contributed by atoms with Crippen LogP contribution >= 0.6 is 0 Å². The predicted molar refractivity (Wildman–Crippen MR) is 83.8 cm³/mol. The zero-order valence-corrected chi connectivity index (χ0v) is 13.5. The normalized spacial score (nSPS) is 19.9. The van der Waals surface area contributed by atoms with Gasteiger partial charge in [0.2, 0.25) is 0 Å². The first-order valence-corrected chi connectivity index (χ1v) is 7.67. The van der Waals surface area contributed by atoms with Gasteiger partial charge < -0.3 is 10.2 Å². The topological polar surface area (TPSA) is 41.0 Å². The number of aromatic nitrogens is 2. The maximum atomic E-state index is 4.39. The molecule has 0 aliphatic carbocycles. The van der Waals surface area contributed by atoms with E-state index in [1.165, 1.54) is 6.42 Å². The highest BCUT2D eigenvalue weighted by molar-refractivity contribution is 5.38. The maximum absolute atomic E-state index is 4.39. The quantitative estimate of drug-likeness (QED) is 0.918. The molecule has 4 nitrogen and oxygen atoms in total. The van der Waals surface area contributed by atoms with Gasteiger partial charge in [-0.1, -0.05) is 34.6 Å². The van der Waals surface area contributed by atoms with Crippen molar-refractivity contribution >= 4 is 5.82 Å². The Balaban J connectivity index is 1.94. The summed E-state index contributed by atoms with van der Waals surface area (Å²) in [6.07, 6.45) is 1.25. The monoisotopic (exact) mass is 276 g/mol. The van der Waals surface area contributed by atoms with Crippen molar-refractivity contribution in [2.24, 2.45) is 11.3 Å². The zero-order chi connectivity index (χ0) is 14.8. The molecule has 1 atom stereocenters. The first-order valence-electron chi connectivity index (χ1n) is 7.67. The summed E-state index contributed by atoms with van der Waals surface area (Å²) in [5.74, 6) is 1.76. The molecule has 4 heteroatoms. The summed E-state index contributed by atoms with van der Waals surface area (Å²) in [6.45, 7) is 14.2. The lowest BCUT2D eigenvalue weighted by atomic mass is 9.80. The van der Waals surface area contributed by atoms with E-state index >= 15 is 0 Å². The van der Waals surface area contributed by atoms with Crippen molar-refractivity contribution in [1.82, 2.24) is 15.5 Å². The highest BCUT2D eigenvalue weighted by Crippen LogP contribution is 2.34. The molecule has 1 aromatic heterocycles. The van der Waals surface area contributed by atoms with Gasteiger partial charge in [-0.2, -0.15) is 5.10 Å². The van der Waals surface area contributed by atoms with Crippen LogP contribution in [0.4, 0.5) is 5.82 Å². The standard InChI is InChI=1S/C16H28N4/c1-12(2)17-10-14-6-7-15(19-18-14)20-9-8-13(11-20)16(3,4)5/h6-7,12-13,17H,8-11H2,1-5H3. The predicted octanol–water partition coefficient (Wildman–Crippen LogP) is 2.85. The molecule has 0 amide bonds. The molecule has 1 fully saturated rings. The molecule has 1 aromatic rings. The van der Waals surface area contributed by atoms with E-state index in [1.54, 1.807) is 0 Å². The Morgan fingerprint density at radius 3 is 2.55 bits per heavy atom. The molecule has 2 rings (SSSR count). The molecule has 0 radical (unpaired) electrons. The third-order valence-electron chi connectivity index (χ3n) is 4.13. The SMILES string of the molecule is CC(C)NCc1ccc(N2CCC(C(C)(C)C)C2)nn1. The molecule has 20 heavy (non-hydrogen) atoms. The second kappa shape index (κ2) is 6.08. The van der Waals surface area contributed by atoms with Crippen molar-refractivity contribution in [3.63, 3.8) is 0 Å². The average molecular weight is 276 g/mol. The van der Waals surface area contributed by atoms with Crippen molar-refractivity contribution in [2.45, 2.75) is 53.6 Å². The number of anilines is 1. The van der Waals surface area contributed by atoms with E-state index in [1.807, 2.05) is 0 Å². The summed E-state index contributed by atoms with van der Waals surface area (Å²) < 4.78 is 0. The zero-order valence-electron chi connectivity index (χ0n) is 13.5. The highest BCUT2D eigenvalue weighted by Gasteiger charge is 2.32.